The average Bonchev–Trinajstić information content (AvgIpc) is 2.94. The topological polar surface area (TPSA) is 55.6 Å². The fourth-order valence-corrected chi connectivity index (χ4v) is 3.66. The molecule has 0 amide bonds. The maximum Gasteiger partial charge on any atom is 0.209 e. The summed E-state index contributed by atoms with van der Waals surface area (Å²) in [7, 11) is 0. The Morgan fingerprint density at radius 1 is 1.32 bits per heavy atom. The van der Waals surface area contributed by atoms with Gasteiger partial charge in [0.1, 0.15) is 0 Å². The fourth-order valence-electron chi connectivity index (χ4n) is 2.85. The predicted molar refractivity (Wildman–Crippen MR) is 76.2 cm³/mol. The maximum atomic E-state index is 4.16. The molecule has 1 aromatic heterocycles. The van der Waals surface area contributed by atoms with Gasteiger partial charge in [0.05, 0.1) is 6.04 Å². The first-order chi connectivity index (χ1) is 9.34. The van der Waals surface area contributed by atoms with Gasteiger partial charge in [0.15, 0.2) is 0 Å². The lowest BCUT2D eigenvalue weighted by molar-refractivity contribution is 0.423. The minimum Gasteiger partial charge on any atom is -0.313 e. The van der Waals surface area contributed by atoms with Crippen LogP contribution in [0.2, 0.25) is 0 Å². The van der Waals surface area contributed by atoms with Gasteiger partial charge in [-0.05, 0) is 49.0 Å². The summed E-state index contributed by atoms with van der Waals surface area (Å²) in [4.78, 5) is 0. The van der Waals surface area contributed by atoms with E-state index in [1.807, 2.05) is 4.68 Å². The number of tetrazole rings is 1. The van der Waals surface area contributed by atoms with Crippen LogP contribution in [0.15, 0.2) is 5.16 Å². The summed E-state index contributed by atoms with van der Waals surface area (Å²) in [6, 6.07) is 1.21. The third-order valence-electron chi connectivity index (χ3n) is 4.26. The van der Waals surface area contributed by atoms with E-state index in [1.165, 1.54) is 38.5 Å². The molecule has 106 valence electrons. The van der Waals surface area contributed by atoms with Crippen LogP contribution in [0.5, 0.6) is 0 Å². The lowest BCUT2D eigenvalue weighted by atomic mass is 10.2. The van der Waals surface area contributed by atoms with E-state index in [4.69, 9.17) is 0 Å². The molecule has 1 aromatic rings. The number of nitrogens with one attached hydrogen (secondary N) is 1. The van der Waals surface area contributed by atoms with Crippen molar-refractivity contribution in [3.05, 3.63) is 0 Å². The van der Waals surface area contributed by atoms with Crippen molar-refractivity contribution >= 4 is 11.8 Å². The van der Waals surface area contributed by atoms with Crippen LogP contribution in [-0.2, 0) is 0 Å². The van der Waals surface area contributed by atoms with Crippen LogP contribution < -0.4 is 5.32 Å². The van der Waals surface area contributed by atoms with E-state index in [1.54, 1.807) is 11.8 Å². The molecule has 0 aromatic carbocycles. The van der Waals surface area contributed by atoms with Gasteiger partial charge in [0.2, 0.25) is 5.16 Å². The number of rotatable bonds is 7. The Labute approximate surface area is 118 Å². The van der Waals surface area contributed by atoms with E-state index in [2.05, 4.69) is 27.8 Å². The second kappa shape index (κ2) is 6.22. The Kier molecular flexibility index (Phi) is 4.38. The van der Waals surface area contributed by atoms with E-state index < -0.39 is 0 Å². The lowest BCUT2D eigenvalue weighted by Crippen LogP contribution is -2.29. The van der Waals surface area contributed by atoms with E-state index in [0.717, 1.165) is 23.4 Å². The molecule has 1 atom stereocenters. The molecule has 0 radical (unpaired) electrons. The highest BCUT2D eigenvalue weighted by atomic mass is 32.2. The molecule has 1 heterocycles. The van der Waals surface area contributed by atoms with Crippen LogP contribution in [0.4, 0.5) is 0 Å². The first kappa shape index (κ1) is 13.4. The third kappa shape index (κ3) is 3.48. The summed E-state index contributed by atoms with van der Waals surface area (Å²) in [5, 5.41) is 16.8. The highest BCUT2D eigenvalue weighted by Crippen LogP contribution is 2.33. The SMILES string of the molecule is CC(NCCSc1nnnn1C1CCCC1)C1CC1. The van der Waals surface area contributed by atoms with Crippen LogP contribution in [-0.4, -0.2) is 38.5 Å². The minimum absolute atomic E-state index is 0.538. The van der Waals surface area contributed by atoms with Crippen molar-refractivity contribution in [3.8, 4) is 0 Å². The quantitative estimate of drug-likeness (QED) is 0.614. The smallest absolute Gasteiger partial charge is 0.209 e. The lowest BCUT2D eigenvalue weighted by Gasteiger charge is -2.13. The van der Waals surface area contributed by atoms with Gasteiger partial charge in [-0.15, -0.1) is 5.10 Å². The van der Waals surface area contributed by atoms with Crippen LogP contribution >= 0.6 is 11.8 Å². The van der Waals surface area contributed by atoms with Gasteiger partial charge in [-0.25, -0.2) is 4.68 Å². The Morgan fingerprint density at radius 2 is 2.11 bits per heavy atom. The zero-order valence-electron chi connectivity index (χ0n) is 11.6. The van der Waals surface area contributed by atoms with E-state index in [0.29, 0.717) is 12.1 Å². The molecule has 3 rings (SSSR count). The van der Waals surface area contributed by atoms with Gasteiger partial charge >= 0.3 is 0 Å². The molecule has 2 aliphatic rings. The molecule has 0 aliphatic heterocycles. The van der Waals surface area contributed by atoms with Crippen LogP contribution in [0.1, 0.15) is 51.5 Å². The van der Waals surface area contributed by atoms with Gasteiger partial charge in [0.25, 0.3) is 0 Å². The van der Waals surface area contributed by atoms with Crippen LogP contribution in [0.25, 0.3) is 0 Å². The highest BCUT2D eigenvalue weighted by molar-refractivity contribution is 7.99. The molecule has 0 saturated heterocycles. The van der Waals surface area contributed by atoms with Gasteiger partial charge in [-0.3, -0.25) is 0 Å². The number of nitrogens with zero attached hydrogens (tertiary/aromatic N) is 4. The van der Waals surface area contributed by atoms with Crippen molar-refractivity contribution in [3.63, 3.8) is 0 Å². The van der Waals surface area contributed by atoms with Crippen molar-refractivity contribution < 1.29 is 0 Å². The van der Waals surface area contributed by atoms with Crippen molar-refractivity contribution in [2.24, 2.45) is 5.92 Å². The summed E-state index contributed by atoms with van der Waals surface area (Å²) in [5.41, 5.74) is 0. The maximum absolute atomic E-state index is 4.16. The van der Waals surface area contributed by atoms with Crippen LogP contribution in [0.3, 0.4) is 0 Å². The monoisotopic (exact) mass is 281 g/mol. The Hall–Kier alpha value is -0.620. The first-order valence-corrected chi connectivity index (χ1v) is 8.47. The molecule has 1 unspecified atom stereocenters. The number of hydrogen-bond donors (Lipinski definition) is 1. The Morgan fingerprint density at radius 3 is 2.84 bits per heavy atom. The summed E-state index contributed by atoms with van der Waals surface area (Å²) in [6.45, 7) is 3.34. The molecule has 0 bridgehead atoms. The van der Waals surface area contributed by atoms with Crippen molar-refractivity contribution in [1.82, 2.24) is 25.5 Å². The molecule has 2 fully saturated rings. The van der Waals surface area contributed by atoms with Crippen molar-refractivity contribution in [2.45, 2.75) is 62.7 Å². The molecular formula is C13H23N5S. The standard InChI is InChI=1S/C13H23N5S/c1-10(11-6-7-11)14-8-9-19-13-15-16-17-18(13)12-4-2-3-5-12/h10-12,14H,2-9H2,1H3. The Bertz CT molecular complexity index is 397. The molecule has 0 spiro atoms. The van der Waals surface area contributed by atoms with E-state index in [-0.39, 0.29) is 0 Å². The summed E-state index contributed by atoms with van der Waals surface area (Å²) in [6.07, 6.45) is 7.90. The zero-order valence-corrected chi connectivity index (χ0v) is 12.4. The predicted octanol–water partition coefficient (Wildman–Crippen LogP) is 2.27. The minimum atomic E-state index is 0.538. The van der Waals surface area contributed by atoms with E-state index >= 15 is 0 Å². The second-order valence-electron chi connectivity index (χ2n) is 5.77. The van der Waals surface area contributed by atoms with Gasteiger partial charge < -0.3 is 5.32 Å². The Balaban J connectivity index is 1.43. The largest absolute Gasteiger partial charge is 0.313 e. The molecule has 2 saturated carbocycles. The average molecular weight is 281 g/mol. The van der Waals surface area contributed by atoms with Gasteiger partial charge in [0, 0.05) is 18.3 Å². The zero-order chi connectivity index (χ0) is 13.1. The summed E-state index contributed by atoms with van der Waals surface area (Å²) < 4.78 is 2.04. The second-order valence-corrected chi connectivity index (χ2v) is 6.84. The molecule has 5 nitrogen and oxygen atoms in total. The third-order valence-corrected chi connectivity index (χ3v) is 5.20. The molecular weight excluding hydrogens is 258 g/mol. The van der Waals surface area contributed by atoms with E-state index in [9.17, 15) is 0 Å². The first-order valence-electron chi connectivity index (χ1n) is 7.48. The normalized spacial score (nSPS) is 21.9. The van der Waals surface area contributed by atoms with Gasteiger partial charge in [-0.1, -0.05) is 24.6 Å². The fraction of sp³-hybridized carbons (Fsp3) is 0.923. The molecule has 2 aliphatic carbocycles. The highest BCUT2D eigenvalue weighted by Gasteiger charge is 2.27. The molecule has 19 heavy (non-hydrogen) atoms. The van der Waals surface area contributed by atoms with Crippen LogP contribution in [0, 0.1) is 5.92 Å². The molecule has 1 N–H and O–H groups in total. The summed E-state index contributed by atoms with van der Waals surface area (Å²) >= 11 is 1.78. The molecule has 6 heteroatoms. The summed E-state index contributed by atoms with van der Waals surface area (Å²) in [5.74, 6) is 1.97. The number of aromatic nitrogens is 4. The van der Waals surface area contributed by atoms with Crippen molar-refractivity contribution in [2.75, 3.05) is 12.3 Å². The number of thioether (sulfide) groups is 1. The van der Waals surface area contributed by atoms with Crippen molar-refractivity contribution in [1.29, 1.82) is 0 Å². The number of hydrogen-bond acceptors (Lipinski definition) is 5. The van der Waals surface area contributed by atoms with Gasteiger partial charge in [-0.2, -0.15) is 0 Å².